The highest BCUT2D eigenvalue weighted by molar-refractivity contribution is 5.83. The van der Waals surface area contributed by atoms with Gasteiger partial charge in [-0.3, -0.25) is 14.9 Å². The number of aromatic amines is 1. The number of furan rings is 1. The van der Waals surface area contributed by atoms with E-state index in [0.717, 1.165) is 22.2 Å². The number of hydrogen-bond acceptors (Lipinski definition) is 4. The molecule has 4 aromatic heterocycles. The van der Waals surface area contributed by atoms with Crippen LogP contribution in [0.1, 0.15) is 0 Å². The second kappa shape index (κ2) is 5.17. The van der Waals surface area contributed by atoms with E-state index in [1.54, 1.807) is 12.4 Å². The molecule has 1 N–H and O–H groups in total. The molecule has 0 bridgehead atoms. The molecular weight excluding hydrogens is 316 g/mol. The van der Waals surface area contributed by atoms with E-state index in [-0.39, 0.29) is 5.56 Å². The summed E-state index contributed by atoms with van der Waals surface area (Å²) in [7, 11) is 0. The molecule has 6 nitrogen and oxygen atoms in total. The van der Waals surface area contributed by atoms with E-state index >= 15 is 0 Å². The number of aromatic nitrogens is 4. The van der Waals surface area contributed by atoms with E-state index in [1.807, 2.05) is 48.5 Å². The predicted molar refractivity (Wildman–Crippen MR) is 94.3 cm³/mol. The van der Waals surface area contributed by atoms with Gasteiger partial charge in [0.25, 0.3) is 5.56 Å². The lowest BCUT2D eigenvalue weighted by atomic mass is 10.2. The molecule has 0 saturated carbocycles. The summed E-state index contributed by atoms with van der Waals surface area (Å²) in [6.07, 6.45) is 3.44. The van der Waals surface area contributed by atoms with Crippen molar-refractivity contribution in [2.45, 2.75) is 0 Å². The summed E-state index contributed by atoms with van der Waals surface area (Å²) in [4.78, 5) is 21.4. The maximum absolute atomic E-state index is 12.5. The van der Waals surface area contributed by atoms with Gasteiger partial charge in [-0.2, -0.15) is 0 Å². The summed E-state index contributed by atoms with van der Waals surface area (Å²) in [5.41, 5.74) is 3.08. The van der Waals surface area contributed by atoms with Gasteiger partial charge in [-0.05, 0) is 24.3 Å². The van der Waals surface area contributed by atoms with Crippen molar-refractivity contribution in [3.05, 3.63) is 77.3 Å². The van der Waals surface area contributed by atoms with Gasteiger partial charge in [0.15, 0.2) is 11.4 Å². The average molecular weight is 328 g/mol. The highest BCUT2D eigenvalue weighted by Gasteiger charge is 2.14. The van der Waals surface area contributed by atoms with Crippen molar-refractivity contribution in [3.63, 3.8) is 0 Å². The molecular formula is C19H12N4O2. The van der Waals surface area contributed by atoms with Gasteiger partial charge < -0.3 is 4.42 Å². The average Bonchev–Trinajstić information content (AvgIpc) is 3.26. The normalized spacial score (nSPS) is 11.4. The maximum Gasteiger partial charge on any atom is 0.273 e. The fourth-order valence-electron chi connectivity index (χ4n) is 2.93. The number of hydrogen-bond donors (Lipinski definition) is 1. The van der Waals surface area contributed by atoms with Gasteiger partial charge in [0.1, 0.15) is 11.3 Å². The molecule has 4 heterocycles. The Kier molecular flexibility index (Phi) is 2.84. The third-order valence-corrected chi connectivity index (χ3v) is 4.12. The first-order valence-corrected chi connectivity index (χ1v) is 7.81. The minimum atomic E-state index is -0.206. The predicted octanol–water partition coefficient (Wildman–Crippen LogP) is 3.50. The minimum absolute atomic E-state index is 0.206. The largest absolute Gasteiger partial charge is 0.454 e. The highest BCUT2D eigenvalue weighted by atomic mass is 16.3. The van der Waals surface area contributed by atoms with E-state index in [4.69, 9.17) is 4.42 Å². The molecule has 0 radical (unpaired) electrons. The number of H-pyrrole nitrogens is 1. The van der Waals surface area contributed by atoms with E-state index in [2.05, 4.69) is 15.1 Å². The molecule has 120 valence electrons. The van der Waals surface area contributed by atoms with Crippen LogP contribution in [0, 0.1) is 0 Å². The molecule has 1 aromatic carbocycles. The lowest BCUT2D eigenvalue weighted by Gasteiger charge is -2.00. The van der Waals surface area contributed by atoms with Crippen molar-refractivity contribution in [2.75, 3.05) is 0 Å². The van der Waals surface area contributed by atoms with E-state index in [9.17, 15) is 4.79 Å². The van der Waals surface area contributed by atoms with Crippen LogP contribution in [0.15, 0.2) is 76.2 Å². The smallest absolute Gasteiger partial charge is 0.273 e. The Bertz CT molecular complexity index is 1230. The topological polar surface area (TPSA) is 76.2 Å². The number of fused-ring (bicyclic) bond motifs is 2. The summed E-state index contributed by atoms with van der Waals surface area (Å²) in [5, 5.41) is 3.90. The molecule has 0 aliphatic carbocycles. The first-order chi connectivity index (χ1) is 12.3. The fraction of sp³-hybridized carbons (Fsp3) is 0. The molecule has 0 atom stereocenters. The number of pyridine rings is 1. The van der Waals surface area contributed by atoms with Crippen LogP contribution in [0.4, 0.5) is 0 Å². The molecule has 0 aliphatic heterocycles. The van der Waals surface area contributed by atoms with Gasteiger partial charge in [-0.1, -0.05) is 24.3 Å². The van der Waals surface area contributed by atoms with Crippen molar-refractivity contribution in [1.29, 1.82) is 0 Å². The van der Waals surface area contributed by atoms with Crippen LogP contribution < -0.4 is 5.56 Å². The Labute approximate surface area is 141 Å². The standard InChI is InChI=1S/C19H12N4O2/c24-18-10-15(17-9-12-5-1-2-7-16(12)25-17)22-19-13(11-21-23(18)19)14-6-3-4-8-20-14/h1-11,21H. The Morgan fingerprint density at radius 3 is 2.72 bits per heavy atom. The molecule has 5 rings (SSSR count). The molecule has 0 amide bonds. The second-order valence-corrected chi connectivity index (χ2v) is 5.69. The number of benzene rings is 1. The van der Waals surface area contributed by atoms with Gasteiger partial charge in [0.05, 0.1) is 11.3 Å². The molecule has 0 fully saturated rings. The molecule has 0 spiro atoms. The zero-order valence-corrected chi connectivity index (χ0v) is 13.0. The lowest BCUT2D eigenvalue weighted by Crippen LogP contribution is -2.14. The Hall–Kier alpha value is -3.67. The van der Waals surface area contributed by atoms with Gasteiger partial charge in [0.2, 0.25) is 0 Å². The van der Waals surface area contributed by atoms with Crippen LogP contribution in [-0.2, 0) is 0 Å². The van der Waals surface area contributed by atoms with Crippen molar-refractivity contribution in [2.24, 2.45) is 0 Å². The van der Waals surface area contributed by atoms with Crippen LogP contribution in [-0.4, -0.2) is 19.6 Å². The van der Waals surface area contributed by atoms with Crippen LogP contribution in [0.2, 0.25) is 0 Å². The molecule has 25 heavy (non-hydrogen) atoms. The van der Waals surface area contributed by atoms with Gasteiger partial charge >= 0.3 is 0 Å². The van der Waals surface area contributed by atoms with Gasteiger partial charge in [-0.25, -0.2) is 9.50 Å². The van der Waals surface area contributed by atoms with E-state index in [1.165, 1.54) is 10.6 Å². The summed E-state index contributed by atoms with van der Waals surface area (Å²) >= 11 is 0. The van der Waals surface area contributed by atoms with Crippen molar-refractivity contribution in [1.82, 2.24) is 19.6 Å². The van der Waals surface area contributed by atoms with Crippen LogP contribution in [0.3, 0.4) is 0 Å². The number of nitrogens with one attached hydrogen (secondary N) is 1. The zero-order chi connectivity index (χ0) is 16.8. The zero-order valence-electron chi connectivity index (χ0n) is 13.0. The number of rotatable bonds is 2. The minimum Gasteiger partial charge on any atom is -0.454 e. The Morgan fingerprint density at radius 1 is 1.00 bits per heavy atom. The summed E-state index contributed by atoms with van der Waals surface area (Å²) < 4.78 is 7.24. The molecule has 0 unspecified atom stereocenters. The first kappa shape index (κ1) is 13.7. The second-order valence-electron chi connectivity index (χ2n) is 5.69. The van der Waals surface area contributed by atoms with Gasteiger partial charge in [-0.15, -0.1) is 0 Å². The third kappa shape index (κ3) is 2.15. The van der Waals surface area contributed by atoms with Crippen LogP contribution in [0.5, 0.6) is 0 Å². The monoisotopic (exact) mass is 328 g/mol. The Balaban J connectivity index is 1.76. The summed E-state index contributed by atoms with van der Waals surface area (Å²) in [6, 6.07) is 16.7. The fourth-order valence-corrected chi connectivity index (χ4v) is 2.93. The number of nitrogens with zero attached hydrogens (tertiary/aromatic N) is 3. The Morgan fingerprint density at radius 2 is 1.88 bits per heavy atom. The first-order valence-electron chi connectivity index (χ1n) is 7.81. The SMILES string of the molecule is O=c1cc(-c2cc3ccccc3o2)nc2c(-c3ccccn3)c[nH]n12. The van der Waals surface area contributed by atoms with Crippen LogP contribution in [0.25, 0.3) is 39.3 Å². The molecule has 5 aromatic rings. The van der Waals surface area contributed by atoms with Crippen molar-refractivity contribution in [3.8, 4) is 22.7 Å². The van der Waals surface area contributed by atoms with Crippen molar-refractivity contribution < 1.29 is 4.42 Å². The van der Waals surface area contributed by atoms with Crippen molar-refractivity contribution >= 4 is 16.6 Å². The molecule has 6 heteroatoms. The quantitative estimate of drug-likeness (QED) is 0.538. The maximum atomic E-state index is 12.5. The third-order valence-electron chi connectivity index (χ3n) is 4.12. The summed E-state index contributed by atoms with van der Waals surface area (Å²) in [5.74, 6) is 0.564. The van der Waals surface area contributed by atoms with Gasteiger partial charge in [0, 0.05) is 23.8 Å². The molecule has 0 saturated heterocycles. The summed E-state index contributed by atoms with van der Waals surface area (Å²) in [6.45, 7) is 0. The lowest BCUT2D eigenvalue weighted by molar-refractivity contribution is 0.628. The van der Waals surface area contributed by atoms with Crippen LogP contribution >= 0.6 is 0 Å². The number of para-hydroxylation sites is 1. The van der Waals surface area contributed by atoms with E-state index < -0.39 is 0 Å². The molecule has 0 aliphatic rings. The highest BCUT2D eigenvalue weighted by Crippen LogP contribution is 2.27. The van der Waals surface area contributed by atoms with E-state index in [0.29, 0.717) is 17.1 Å².